The minimum absolute atomic E-state index is 0.00920. The average Bonchev–Trinajstić information content (AvgIpc) is 3.01. The second-order valence-electron chi connectivity index (χ2n) is 5.54. The van der Waals surface area contributed by atoms with Gasteiger partial charge in [0, 0.05) is 31.6 Å². The Morgan fingerprint density at radius 1 is 1.29 bits per heavy atom. The minimum atomic E-state index is -4.33. The maximum atomic E-state index is 12.5. The molecule has 24 heavy (non-hydrogen) atoms. The quantitative estimate of drug-likeness (QED) is 0.853. The first-order valence-corrected chi connectivity index (χ1v) is 7.36. The fourth-order valence-electron chi connectivity index (χ4n) is 2.46. The Morgan fingerprint density at radius 3 is 2.58 bits per heavy atom. The number of alkyl halides is 3. The van der Waals surface area contributed by atoms with Crippen LogP contribution in [0.5, 0.6) is 0 Å². The van der Waals surface area contributed by atoms with Gasteiger partial charge in [0.1, 0.15) is 0 Å². The number of nitrogens with zero attached hydrogens (tertiary/aromatic N) is 4. The maximum absolute atomic E-state index is 12.5. The predicted octanol–water partition coefficient (Wildman–Crippen LogP) is 1.16. The van der Waals surface area contributed by atoms with E-state index in [1.165, 1.54) is 12.1 Å². The van der Waals surface area contributed by atoms with Gasteiger partial charge in [0.05, 0.1) is 11.6 Å². The summed E-state index contributed by atoms with van der Waals surface area (Å²) in [5.41, 5.74) is 0.0402. The predicted molar refractivity (Wildman–Crippen MR) is 78.1 cm³/mol. The third kappa shape index (κ3) is 3.81. The number of carbonyl (C=O) groups excluding carboxylic acids is 1. The van der Waals surface area contributed by atoms with Gasteiger partial charge in [-0.15, -0.1) is 10.2 Å². The zero-order valence-corrected chi connectivity index (χ0v) is 12.5. The maximum Gasteiger partial charge on any atom is 0.416 e. The number of aryl methyl sites for hydroxylation is 1. The van der Waals surface area contributed by atoms with Crippen LogP contribution in [0.25, 0.3) is 0 Å². The summed E-state index contributed by atoms with van der Waals surface area (Å²) in [6.45, 7) is 1.14. The van der Waals surface area contributed by atoms with Crippen molar-refractivity contribution in [2.75, 3.05) is 18.0 Å². The van der Waals surface area contributed by atoms with E-state index < -0.39 is 11.7 Å². The van der Waals surface area contributed by atoms with Crippen LogP contribution >= 0.6 is 0 Å². The van der Waals surface area contributed by atoms with Gasteiger partial charge in [0.15, 0.2) is 5.82 Å². The number of halogens is 3. The Morgan fingerprint density at radius 2 is 2.00 bits per heavy atom. The van der Waals surface area contributed by atoms with Gasteiger partial charge in [-0.1, -0.05) is 5.21 Å². The summed E-state index contributed by atoms with van der Waals surface area (Å²) in [4.78, 5) is 13.7. The highest BCUT2D eigenvalue weighted by Gasteiger charge is 2.32. The number of H-pyrrole nitrogens is 1. The van der Waals surface area contributed by atoms with Gasteiger partial charge >= 0.3 is 6.18 Å². The Kier molecular flexibility index (Phi) is 4.36. The molecule has 0 saturated carbocycles. The zero-order chi connectivity index (χ0) is 17.2. The molecule has 3 rings (SSSR count). The summed E-state index contributed by atoms with van der Waals surface area (Å²) in [6.07, 6.45) is -3.67. The lowest BCUT2D eigenvalue weighted by molar-refractivity contribution is -0.137. The number of rotatable bonds is 5. The first-order valence-electron chi connectivity index (χ1n) is 7.36. The van der Waals surface area contributed by atoms with Crippen molar-refractivity contribution < 1.29 is 18.0 Å². The highest BCUT2D eigenvalue weighted by Crippen LogP contribution is 2.31. The Labute approximate surface area is 135 Å². The number of nitrogens with one attached hydrogen (secondary N) is 2. The van der Waals surface area contributed by atoms with Crippen molar-refractivity contribution in [1.82, 2.24) is 25.9 Å². The molecule has 0 bridgehead atoms. The average molecular weight is 340 g/mol. The molecule has 1 amide bonds. The van der Waals surface area contributed by atoms with Gasteiger partial charge in [-0.2, -0.15) is 18.4 Å². The highest BCUT2D eigenvalue weighted by atomic mass is 19.4. The van der Waals surface area contributed by atoms with Crippen LogP contribution in [0, 0.1) is 0 Å². The SMILES string of the molecule is O=C(CCc1nn[nH]n1)NC1CN(c2ccc(C(F)(F)F)cc2)C1. The highest BCUT2D eigenvalue weighted by molar-refractivity contribution is 5.77. The van der Waals surface area contributed by atoms with Gasteiger partial charge in [-0.05, 0) is 24.3 Å². The monoisotopic (exact) mass is 340 g/mol. The second kappa shape index (κ2) is 6.46. The number of aromatic amines is 1. The Balaban J connectivity index is 1.43. The molecular weight excluding hydrogens is 325 g/mol. The van der Waals surface area contributed by atoms with E-state index in [9.17, 15) is 18.0 Å². The number of anilines is 1. The topological polar surface area (TPSA) is 86.8 Å². The molecule has 2 aromatic rings. The summed E-state index contributed by atoms with van der Waals surface area (Å²) in [7, 11) is 0. The summed E-state index contributed by atoms with van der Waals surface area (Å²) in [6, 6.07) is 5.00. The smallest absolute Gasteiger partial charge is 0.367 e. The van der Waals surface area contributed by atoms with E-state index in [0.717, 1.165) is 12.1 Å². The summed E-state index contributed by atoms with van der Waals surface area (Å²) in [5.74, 6) is 0.363. The number of amides is 1. The fourth-order valence-corrected chi connectivity index (χ4v) is 2.46. The van der Waals surface area contributed by atoms with E-state index in [1.54, 1.807) is 0 Å². The summed E-state index contributed by atoms with van der Waals surface area (Å²) in [5, 5.41) is 16.1. The lowest BCUT2D eigenvalue weighted by Crippen LogP contribution is -2.59. The minimum Gasteiger partial charge on any atom is -0.367 e. The van der Waals surface area contributed by atoms with Crippen LogP contribution in [0.1, 0.15) is 17.8 Å². The van der Waals surface area contributed by atoms with Gasteiger partial charge in [0.2, 0.25) is 5.91 Å². The molecule has 1 aromatic heterocycles. The van der Waals surface area contributed by atoms with Crippen LogP contribution < -0.4 is 10.2 Å². The molecule has 0 aliphatic carbocycles. The van der Waals surface area contributed by atoms with Crippen molar-refractivity contribution in [1.29, 1.82) is 0 Å². The largest absolute Gasteiger partial charge is 0.416 e. The number of tetrazole rings is 1. The standard InChI is InChI=1S/C14H15F3N6O/c15-14(16,17)9-1-3-11(4-2-9)23-7-10(8-23)18-13(24)6-5-12-19-21-22-20-12/h1-4,10H,5-8H2,(H,18,24)(H,19,20,21,22). The van der Waals surface area contributed by atoms with Crippen LogP contribution in [-0.2, 0) is 17.4 Å². The lowest BCUT2D eigenvalue weighted by Gasteiger charge is -2.41. The van der Waals surface area contributed by atoms with Gasteiger partial charge in [0.25, 0.3) is 0 Å². The molecule has 7 nitrogen and oxygen atoms in total. The molecule has 0 unspecified atom stereocenters. The molecule has 10 heteroatoms. The fraction of sp³-hybridized carbons (Fsp3) is 0.429. The molecular formula is C14H15F3N6O. The van der Waals surface area contributed by atoms with Crippen molar-refractivity contribution >= 4 is 11.6 Å². The van der Waals surface area contributed by atoms with Crippen LogP contribution in [0.15, 0.2) is 24.3 Å². The lowest BCUT2D eigenvalue weighted by atomic mass is 10.1. The first-order chi connectivity index (χ1) is 11.4. The normalized spacial score (nSPS) is 15.2. The molecule has 2 N–H and O–H groups in total. The summed E-state index contributed by atoms with van der Waals surface area (Å²) >= 11 is 0. The van der Waals surface area contributed by atoms with E-state index in [2.05, 4.69) is 25.9 Å². The van der Waals surface area contributed by atoms with E-state index >= 15 is 0 Å². The van der Waals surface area contributed by atoms with Crippen LogP contribution in [0.3, 0.4) is 0 Å². The number of aromatic nitrogens is 4. The molecule has 1 aliphatic heterocycles. The van der Waals surface area contributed by atoms with Crippen molar-refractivity contribution in [2.45, 2.75) is 25.1 Å². The van der Waals surface area contributed by atoms with Gasteiger partial charge in [-0.25, -0.2) is 0 Å². The molecule has 0 atom stereocenters. The van der Waals surface area contributed by atoms with E-state index in [1.807, 2.05) is 4.90 Å². The van der Waals surface area contributed by atoms with Crippen LogP contribution in [0.4, 0.5) is 18.9 Å². The zero-order valence-electron chi connectivity index (χ0n) is 12.5. The van der Waals surface area contributed by atoms with E-state index in [0.29, 0.717) is 31.0 Å². The van der Waals surface area contributed by atoms with Crippen molar-refractivity contribution in [3.05, 3.63) is 35.7 Å². The Bertz CT molecular complexity index is 680. The second-order valence-corrected chi connectivity index (χ2v) is 5.54. The number of hydrogen-bond donors (Lipinski definition) is 2. The van der Waals surface area contributed by atoms with Crippen LogP contribution in [0.2, 0.25) is 0 Å². The number of carbonyl (C=O) groups is 1. The number of hydrogen-bond acceptors (Lipinski definition) is 5. The third-order valence-electron chi connectivity index (χ3n) is 3.77. The first kappa shape index (κ1) is 16.2. The molecule has 1 aliphatic rings. The molecule has 128 valence electrons. The molecule has 0 spiro atoms. The number of benzene rings is 1. The molecule has 2 heterocycles. The van der Waals surface area contributed by atoms with Crippen molar-refractivity contribution in [3.63, 3.8) is 0 Å². The molecule has 0 radical (unpaired) electrons. The molecule has 1 aromatic carbocycles. The third-order valence-corrected chi connectivity index (χ3v) is 3.77. The van der Waals surface area contributed by atoms with Gasteiger partial charge in [-0.3, -0.25) is 4.79 Å². The van der Waals surface area contributed by atoms with Gasteiger partial charge < -0.3 is 10.2 Å². The van der Waals surface area contributed by atoms with Crippen molar-refractivity contribution in [3.8, 4) is 0 Å². The van der Waals surface area contributed by atoms with Crippen LogP contribution in [-0.4, -0.2) is 45.7 Å². The summed E-state index contributed by atoms with van der Waals surface area (Å²) < 4.78 is 37.6. The Hall–Kier alpha value is -2.65. The van der Waals surface area contributed by atoms with E-state index in [4.69, 9.17) is 0 Å². The molecule has 1 saturated heterocycles. The van der Waals surface area contributed by atoms with E-state index in [-0.39, 0.29) is 18.4 Å². The van der Waals surface area contributed by atoms with Crippen molar-refractivity contribution in [2.24, 2.45) is 0 Å². The molecule has 1 fully saturated rings.